The molecular formula is C12H15N3O2. The number of amides is 1. The molecule has 0 bridgehead atoms. The molecule has 1 saturated heterocycles. The quantitative estimate of drug-likeness (QED) is 0.698. The van der Waals surface area contributed by atoms with Gasteiger partial charge in [0.1, 0.15) is 0 Å². The monoisotopic (exact) mass is 233 g/mol. The Bertz CT molecular complexity index is 449. The van der Waals surface area contributed by atoms with Crippen LogP contribution in [0, 0.1) is 5.92 Å². The van der Waals surface area contributed by atoms with E-state index in [1.54, 1.807) is 6.20 Å². The molecule has 1 aromatic rings. The molecule has 0 radical (unpaired) electrons. The van der Waals surface area contributed by atoms with E-state index in [9.17, 15) is 4.79 Å². The number of carbonyl (C=O) groups is 1. The van der Waals surface area contributed by atoms with Crippen molar-refractivity contribution in [1.82, 2.24) is 15.2 Å². The van der Waals surface area contributed by atoms with Gasteiger partial charge in [-0.25, -0.2) is 4.79 Å². The van der Waals surface area contributed by atoms with E-state index >= 15 is 0 Å². The van der Waals surface area contributed by atoms with Crippen LogP contribution < -0.4 is 5.32 Å². The van der Waals surface area contributed by atoms with Gasteiger partial charge in [0.05, 0.1) is 5.69 Å². The number of likely N-dealkylation sites (tertiary alicyclic amines) is 1. The van der Waals surface area contributed by atoms with Gasteiger partial charge in [-0.2, -0.15) is 0 Å². The Morgan fingerprint density at radius 3 is 3.24 bits per heavy atom. The Kier molecular flexibility index (Phi) is 2.48. The highest BCUT2D eigenvalue weighted by atomic mass is 16.4. The molecule has 0 spiro atoms. The van der Waals surface area contributed by atoms with Crippen LogP contribution in [0.4, 0.5) is 4.79 Å². The molecule has 5 nitrogen and oxygen atoms in total. The summed E-state index contributed by atoms with van der Waals surface area (Å²) >= 11 is 0. The highest BCUT2D eigenvalue weighted by molar-refractivity contribution is 5.65. The molecule has 2 aliphatic rings. The lowest BCUT2D eigenvalue weighted by Gasteiger charge is -2.14. The summed E-state index contributed by atoms with van der Waals surface area (Å²) < 4.78 is 0. The number of fused-ring (bicyclic) bond motifs is 3. The Morgan fingerprint density at radius 2 is 2.41 bits per heavy atom. The van der Waals surface area contributed by atoms with Gasteiger partial charge in [0.25, 0.3) is 0 Å². The average molecular weight is 233 g/mol. The van der Waals surface area contributed by atoms with Crippen molar-refractivity contribution in [3.05, 3.63) is 29.6 Å². The van der Waals surface area contributed by atoms with Crippen LogP contribution in [-0.2, 0) is 6.54 Å². The number of carboxylic acid groups (broad SMARTS) is 1. The summed E-state index contributed by atoms with van der Waals surface area (Å²) in [5.41, 5.74) is 2.28. The molecule has 2 atom stereocenters. The van der Waals surface area contributed by atoms with E-state index in [4.69, 9.17) is 5.11 Å². The molecular weight excluding hydrogens is 218 g/mol. The van der Waals surface area contributed by atoms with Gasteiger partial charge in [-0.05, 0) is 17.5 Å². The van der Waals surface area contributed by atoms with Crippen molar-refractivity contribution >= 4 is 6.09 Å². The van der Waals surface area contributed by atoms with Gasteiger partial charge in [0.2, 0.25) is 0 Å². The maximum atomic E-state index is 11.0. The molecule has 0 saturated carbocycles. The predicted molar refractivity (Wildman–Crippen MR) is 61.8 cm³/mol. The van der Waals surface area contributed by atoms with Crippen LogP contribution >= 0.6 is 0 Å². The van der Waals surface area contributed by atoms with Gasteiger partial charge < -0.3 is 15.3 Å². The van der Waals surface area contributed by atoms with E-state index in [1.165, 1.54) is 10.5 Å². The number of hydrogen-bond acceptors (Lipinski definition) is 3. The van der Waals surface area contributed by atoms with E-state index < -0.39 is 6.09 Å². The Balaban J connectivity index is 1.95. The Morgan fingerprint density at radius 1 is 1.53 bits per heavy atom. The zero-order valence-electron chi connectivity index (χ0n) is 9.47. The molecule has 3 rings (SSSR count). The molecule has 1 amide bonds. The lowest BCUT2D eigenvalue weighted by atomic mass is 9.91. The van der Waals surface area contributed by atoms with Gasteiger partial charge in [-0.1, -0.05) is 6.07 Å². The van der Waals surface area contributed by atoms with Crippen molar-refractivity contribution in [2.24, 2.45) is 5.92 Å². The molecule has 3 heterocycles. The molecule has 2 aliphatic heterocycles. The minimum atomic E-state index is -0.824. The number of rotatable bonds is 0. The second-order valence-electron chi connectivity index (χ2n) is 4.73. The van der Waals surface area contributed by atoms with Crippen molar-refractivity contribution in [3.8, 4) is 0 Å². The van der Waals surface area contributed by atoms with Crippen molar-refractivity contribution in [3.63, 3.8) is 0 Å². The molecule has 0 aliphatic carbocycles. The number of nitrogens with one attached hydrogen (secondary N) is 1. The van der Waals surface area contributed by atoms with Crippen LogP contribution in [-0.4, -0.2) is 40.7 Å². The lowest BCUT2D eigenvalue weighted by Crippen LogP contribution is -2.29. The minimum Gasteiger partial charge on any atom is -0.465 e. The van der Waals surface area contributed by atoms with Crippen molar-refractivity contribution < 1.29 is 9.90 Å². The number of nitrogens with zero attached hydrogens (tertiary/aromatic N) is 2. The summed E-state index contributed by atoms with van der Waals surface area (Å²) in [6.07, 6.45) is 0.973. The number of pyridine rings is 1. The second-order valence-corrected chi connectivity index (χ2v) is 4.73. The van der Waals surface area contributed by atoms with Gasteiger partial charge in [-0.3, -0.25) is 4.98 Å². The standard InChI is InChI=1S/C12H15N3O2/c16-12(17)15-6-9-5-13-4-8-2-1-3-14-11(8)10(9)7-15/h1-3,9-10,13H,4-7H2,(H,16,17)/t9?,10-/m1/s1. The van der Waals surface area contributed by atoms with Gasteiger partial charge in [0.15, 0.2) is 0 Å². The summed E-state index contributed by atoms with van der Waals surface area (Å²) in [6, 6.07) is 4.01. The Labute approximate surface area is 99.5 Å². The van der Waals surface area contributed by atoms with E-state index in [0.29, 0.717) is 19.0 Å². The fourth-order valence-corrected chi connectivity index (χ4v) is 2.87. The molecule has 2 N–H and O–H groups in total. The normalized spacial score (nSPS) is 27.2. The summed E-state index contributed by atoms with van der Waals surface area (Å²) in [5, 5.41) is 12.4. The predicted octanol–water partition coefficient (Wildman–Crippen LogP) is 0.878. The van der Waals surface area contributed by atoms with Gasteiger partial charge in [0, 0.05) is 38.3 Å². The molecule has 1 fully saturated rings. The summed E-state index contributed by atoms with van der Waals surface area (Å²) in [6.45, 7) is 2.89. The van der Waals surface area contributed by atoms with E-state index in [-0.39, 0.29) is 5.92 Å². The summed E-state index contributed by atoms with van der Waals surface area (Å²) in [5.74, 6) is 0.597. The zero-order valence-corrected chi connectivity index (χ0v) is 9.47. The van der Waals surface area contributed by atoms with Crippen LogP contribution in [0.15, 0.2) is 18.3 Å². The molecule has 1 unspecified atom stereocenters. The molecule has 0 aromatic carbocycles. The summed E-state index contributed by atoms with van der Waals surface area (Å²) in [4.78, 5) is 17.0. The maximum absolute atomic E-state index is 11.0. The van der Waals surface area contributed by atoms with Crippen LogP contribution in [0.1, 0.15) is 17.2 Å². The second kappa shape index (κ2) is 4.00. The Hall–Kier alpha value is -1.62. The third-order valence-corrected chi connectivity index (χ3v) is 3.71. The molecule has 17 heavy (non-hydrogen) atoms. The van der Waals surface area contributed by atoms with Crippen LogP contribution in [0.2, 0.25) is 0 Å². The molecule has 1 aromatic heterocycles. The van der Waals surface area contributed by atoms with Crippen LogP contribution in [0.25, 0.3) is 0 Å². The van der Waals surface area contributed by atoms with Crippen LogP contribution in [0.3, 0.4) is 0 Å². The average Bonchev–Trinajstić information content (AvgIpc) is 2.67. The SMILES string of the molecule is O=C(O)N1CC2CNCc3cccnc3[C@@H]2C1. The van der Waals surface area contributed by atoms with E-state index in [2.05, 4.69) is 16.4 Å². The van der Waals surface area contributed by atoms with Crippen molar-refractivity contribution in [2.45, 2.75) is 12.5 Å². The van der Waals surface area contributed by atoms with Gasteiger partial charge in [-0.15, -0.1) is 0 Å². The van der Waals surface area contributed by atoms with Gasteiger partial charge >= 0.3 is 6.09 Å². The first-order chi connectivity index (χ1) is 8.25. The smallest absolute Gasteiger partial charge is 0.407 e. The number of hydrogen-bond donors (Lipinski definition) is 2. The maximum Gasteiger partial charge on any atom is 0.407 e. The zero-order chi connectivity index (χ0) is 11.8. The largest absolute Gasteiger partial charge is 0.465 e. The number of aromatic nitrogens is 1. The first-order valence-corrected chi connectivity index (χ1v) is 5.88. The first kappa shape index (κ1) is 10.5. The molecule has 5 heteroatoms. The first-order valence-electron chi connectivity index (χ1n) is 5.88. The fraction of sp³-hybridized carbons (Fsp3) is 0.500. The fourth-order valence-electron chi connectivity index (χ4n) is 2.87. The topological polar surface area (TPSA) is 65.5 Å². The minimum absolute atomic E-state index is 0.248. The molecule has 90 valence electrons. The van der Waals surface area contributed by atoms with Crippen LogP contribution in [0.5, 0.6) is 0 Å². The lowest BCUT2D eigenvalue weighted by molar-refractivity contribution is 0.153. The van der Waals surface area contributed by atoms with Crippen molar-refractivity contribution in [1.29, 1.82) is 0 Å². The third-order valence-electron chi connectivity index (χ3n) is 3.71. The highest BCUT2D eigenvalue weighted by Gasteiger charge is 2.38. The summed E-state index contributed by atoms with van der Waals surface area (Å²) in [7, 11) is 0. The third kappa shape index (κ3) is 1.76. The van der Waals surface area contributed by atoms with E-state index in [0.717, 1.165) is 18.8 Å². The van der Waals surface area contributed by atoms with Crippen molar-refractivity contribution in [2.75, 3.05) is 19.6 Å². The highest BCUT2D eigenvalue weighted by Crippen LogP contribution is 2.34. The van der Waals surface area contributed by atoms with E-state index in [1.807, 2.05) is 6.07 Å².